The Kier molecular flexibility index (Phi) is 4.02. The molecular formula is C13H28. The second-order valence-corrected chi connectivity index (χ2v) is 5.71. The third-order valence-electron chi connectivity index (χ3n) is 4.09. The maximum absolute atomic E-state index is 2.49. The predicted octanol–water partition coefficient (Wildman–Crippen LogP) is 4.89. The largest absolute Gasteiger partial charge is 0.0776 e. The monoisotopic (exact) mass is 184 g/mol. The molecule has 2 unspecified atom stereocenters. The van der Waals surface area contributed by atoms with Crippen molar-refractivity contribution < 1.29 is 0 Å². The van der Waals surface area contributed by atoms with Gasteiger partial charge >= 0.3 is 0 Å². The Labute approximate surface area is 85.1 Å². The van der Waals surface area contributed by atoms with Gasteiger partial charge in [-0.25, -0.2) is 0 Å². The van der Waals surface area contributed by atoms with Crippen molar-refractivity contribution in [1.29, 1.82) is 0 Å². The Bertz CT molecular complexity index is 157. The standard InChI is InChI=1S/C12H24.CH4/c1-6-7-12(5)9-10(2)8-11(12,3)4;/h10H,6-9H2,1-5H3;1H4. The molecule has 1 fully saturated rings. The normalized spacial score (nSPS) is 37.2. The van der Waals surface area contributed by atoms with Gasteiger partial charge in [-0.3, -0.25) is 0 Å². The highest BCUT2D eigenvalue weighted by Crippen LogP contribution is 2.56. The van der Waals surface area contributed by atoms with E-state index in [9.17, 15) is 0 Å². The summed E-state index contributed by atoms with van der Waals surface area (Å²) in [6.07, 6.45) is 5.61. The first-order valence-corrected chi connectivity index (χ1v) is 5.41. The van der Waals surface area contributed by atoms with E-state index in [2.05, 4.69) is 34.6 Å². The molecule has 2 atom stereocenters. The lowest BCUT2D eigenvalue weighted by Gasteiger charge is -2.38. The van der Waals surface area contributed by atoms with Crippen LogP contribution in [0.5, 0.6) is 0 Å². The SMILES string of the molecule is C.CCCC1(C)CC(C)CC1(C)C. The third-order valence-corrected chi connectivity index (χ3v) is 4.09. The van der Waals surface area contributed by atoms with Gasteiger partial charge in [0.2, 0.25) is 0 Å². The lowest BCUT2D eigenvalue weighted by Crippen LogP contribution is -2.29. The van der Waals surface area contributed by atoms with Gasteiger partial charge in [0, 0.05) is 0 Å². The average molecular weight is 184 g/mol. The van der Waals surface area contributed by atoms with Gasteiger partial charge in [0.1, 0.15) is 0 Å². The van der Waals surface area contributed by atoms with E-state index in [1.165, 1.54) is 25.7 Å². The van der Waals surface area contributed by atoms with E-state index in [0.717, 1.165) is 5.92 Å². The van der Waals surface area contributed by atoms with E-state index in [0.29, 0.717) is 10.8 Å². The highest BCUT2D eigenvalue weighted by atomic mass is 14.5. The van der Waals surface area contributed by atoms with Crippen molar-refractivity contribution in [2.75, 3.05) is 0 Å². The molecule has 0 heterocycles. The van der Waals surface area contributed by atoms with Gasteiger partial charge in [-0.15, -0.1) is 0 Å². The van der Waals surface area contributed by atoms with Gasteiger partial charge in [-0.1, -0.05) is 48.5 Å². The Morgan fingerprint density at radius 2 is 1.69 bits per heavy atom. The summed E-state index contributed by atoms with van der Waals surface area (Å²) in [5.41, 5.74) is 1.18. The zero-order chi connectivity index (χ0) is 9.41. The van der Waals surface area contributed by atoms with Crippen molar-refractivity contribution in [2.45, 2.75) is 67.7 Å². The number of hydrogen-bond acceptors (Lipinski definition) is 0. The van der Waals surface area contributed by atoms with Crippen LogP contribution in [0.1, 0.15) is 67.7 Å². The first-order valence-electron chi connectivity index (χ1n) is 5.41. The van der Waals surface area contributed by atoms with Crippen molar-refractivity contribution in [3.8, 4) is 0 Å². The summed E-state index contributed by atoms with van der Waals surface area (Å²) in [6, 6.07) is 0. The molecule has 0 bridgehead atoms. The molecule has 0 heteroatoms. The van der Waals surface area contributed by atoms with Crippen LogP contribution < -0.4 is 0 Å². The Balaban J connectivity index is 0.00000144. The van der Waals surface area contributed by atoms with Crippen molar-refractivity contribution >= 4 is 0 Å². The smallest absolute Gasteiger partial charge is 0.0272 e. The Morgan fingerprint density at radius 1 is 1.15 bits per heavy atom. The summed E-state index contributed by atoms with van der Waals surface area (Å²) < 4.78 is 0. The topological polar surface area (TPSA) is 0 Å². The molecule has 0 spiro atoms. The van der Waals surface area contributed by atoms with Gasteiger partial charge in [0.15, 0.2) is 0 Å². The minimum absolute atomic E-state index is 0. The molecular weight excluding hydrogens is 156 g/mol. The molecule has 0 radical (unpaired) electrons. The Hall–Kier alpha value is 0. The second-order valence-electron chi connectivity index (χ2n) is 5.71. The lowest BCUT2D eigenvalue weighted by molar-refractivity contribution is 0.118. The highest BCUT2D eigenvalue weighted by molar-refractivity contribution is 4.97. The summed E-state index contributed by atoms with van der Waals surface area (Å²) in [6.45, 7) is 12.1. The molecule has 1 saturated carbocycles. The van der Waals surface area contributed by atoms with Crippen molar-refractivity contribution in [3.63, 3.8) is 0 Å². The zero-order valence-electron chi connectivity index (χ0n) is 9.41. The van der Waals surface area contributed by atoms with E-state index >= 15 is 0 Å². The van der Waals surface area contributed by atoms with Crippen LogP contribution in [-0.4, -0.2) is 0 Å². The molecule has 1 rings (SSSR count). The summed E-state index contributed by atoms with van der Waals surface area (Å²) in [5, 5.41) is 0. The molecule has 0 saturated heterocycles. The van der Waals surface area contributed by atoms with Gasteiger partial charge in [-0.2, -0.15) is 0 Å². The van der Waals surface area contributed by atoms with Gasteiger partial charge < -0.3 is 0 Å². The predicted molar refractivity (Wildman–Crippen MR) is 61.9 cm³/mol. The molecule has 0 nitrogen and oxygen atoms in total. The highest BCUT2D eigenvalue weighted by Gasteiger charge is 2.46. The third kappa shape index (κ3) is 2.27. The first-order chi connectivity index (χ1) is 5.41. The zero-order valence-corrected chi connectivity index (χ0v) is 9.41. The summed E-state index contributed by atoms with van der Waals surface area (Å²) in [7, 11) is 0. The first kappa shape index (κ1) is 13.0. The van der Waals surface area contributed by atoms with Gasteiger partial charge in [0.25, 0.3) is 0 Å². The fourth-order valence-electron chi connectivity index (χ4n) is 3.23. The molecule has 0 aromatic carbocycles. The van der Waals surface area contributed by atoms with Crippen LogP contribution in [-0.2, 0) is 0 Å². The van der Waals surface area contributed by atoms with Crippen LogP contribution in [0.3, 0.4) is 0 Å². The number of hydrogen-bond donors (Lipinski definition) is 0. The van der Waals surface area contributed by atoms with E-state index in [1.807, 2.05) is 0 Å². The van der Waals surface area contributed by atoms with Crippen LogP contribution in [0.15, 0.2) is 0 Å². The molecule has 0 aliphatic heterocycles. The molecule has 13 heavy (non-hydrogen) atoms. The summed E-state index contributed by atoms with van der Waals surface area (Å²) in [5.74, 6) is 0.941. The molecule has 0 aromatic rings. The summed E-state index contributed by atoms with van der Waals surface area (Å²) in [4.78, 5) is 0. The maximum Gasteiger partial charge on any atom is -0.0272 e. The van der Waals surface area contributed by atoms with Crippen LogP contribution in [0.2, 0.25) is 0 Å². The maximum atomic E-state index is 2.49. The fraction of sp³-hybridized carbons (Fsp3) is 1.00. The second kappa shape index (κ2) is 4.02. The Morgan fingerprint density at radius 3 is 2.00 bits per heavy atom. The molecule has 1 aliphatic rings. The molecule has 1 aliphatic carbocycles. The summed E-state index contributed by atoms with van der Waals surface area (Å²) >= 11 is 0. The number of rotatable bonds is 2. The van der Waals surface area contributed by atoms with E-state index in [1.54, 1.807) is 0 Å². The van der Waals surface area contributed by atoms with Crippen LogP contribution in [0.4, 0.5) is 0 Å². The molecule has 0 amide bonds. The van der Waals surface area contributed by atoms with Gasteiger partial charge in [0.05, 0.1) is 0 Å². The van der Waals surface area contributed by atoms with E-state index in [4.69, 9.17) is 0 Å². The van der Waals surface area contributed by atoms with Crippen molar-refractivity contribution in [3.05, 3.63) is 0 Å². The fourth-order valence-corrected chi connectivity index (χ4v) is 3.23. The minimum Gasteiger partial charge on any atom is -0.0776 e. The molecule has 80 valence electrons. The quantitative estimate of drug-likeness (QED) is 0.573. The van der Waals surface area contributed by atoms with E-state index < -0.39 is 0 Å². The van der Waals surface area contributed by atoms with Crippen LogP contribution >= 0.6 is 0 Å². The molecule has 0 aromatic heterocycles. The van der Waals surface area contributed by atoms with Crippen molar-refractivity contribution in [2.24, 2.45) is 16.7 Å². The lowest BCUT2D eigenvalue weighted by atomic mass is 9.67. The van der Waals surface area contributed by atoms with Crippen molar-refractivity contribution in [1.82, 2.24) is 0 Å². The minimum atomic E-state index is 0. The van der Waals surface area contributed by atoms with Crippen LogP contribution in [0.25, 0.3) is 0 Å². The van der Waals surface area contributed by atoms with Gasteiger partial charge in [-0.05, 0) is 36.0 Å². The average Bonchev–Trinajstić information content (AvgIpc) is 2.02. The molecule has 0 N–H and O–H groups in total. The van der Waals surface area contributed by atoms with E-state index in [-0.39, 0.29) is 7.43 Å². The van der Waals surface area contributed by atoms with Crippen LogP contribution in [0, 0.1) is 16.7 Å².